The molecule has 2 rings (SSSR count). The molecule has 1 atom stereocenters. The van der Waals surface area contributed by atoms with E-state index >= 15 is 0 Å². The summed E-state index contributed by atoms with van der Waals surface area (Å²) in [7, 11) is 1.32. The van der Waals surface area contributed by atoms with Crippen LogP contribution in [0, 0.1) is 0 Å². The lowest BCUT2D eigenvalue weighted by Crippen LogP contribution is -2.31. The zero-order chi connectivity index (χ0) is 16.8. The molecule has 0 saturated heterocycles. The zero-order valence-corrected chi connectivity index (χ0v) is 14.7. The SMILES string of the molecule is COC(=O)CC(NC(=O)Cc1ccc(Cl)c(Cl)c1)c1cccs1. The second-order valence-corrected chi connectivity index (χ2v) is 6.63. The normalized spacial score (nSPS) is 11.8. The van der Waals surface area contributed by atoms with Crippen molar-refractivity contribution in [1.82, 2.24) is 5.32 Å². The van der Waals surface area contributed by atoms with Gasteiger partial charge in [-0.2, -0.15) is 0 Å². The molecule has 0 spiro atoms. The lowest BCUT2D eigenvalue weighted by molar-refractivity contribution is -0.141. The highest BCUT2D eigenvalue weighted by molar-refractivity contribution is 7.10. The van der Waals surface area contributed by atoms with Crippen LogP contribution in [0.5, 0.6) is 0 Å². The van der Waals surface area contributed by atoms with Crippen LogP contribution in [-0.2, 0) is 20.7 Å². The number of carbonyl (C=O) groups excluding carboxylic acids is 2. The Labute approximate surface area is 148 Å². The van der Waals surface area contributed by atoms with Gasteiger partial charge in [0.15, 0.2) is 0 Å². The molecule has 0 bridgehead atoms. The maximum atomic E-state index is 12.2. The number of hydrogen-bond donors (Lipinski definition) is 1. The molecule has 0 saturated carbocycles. The predicted molar refractivity (Wildman–Crippen MR) is 92.0 cm³/mol. The lowest BCUT2D eigenvalue weighted by Gasteiger charge is -2.16. The van der Waals surface area contributed by atoms with Gasteiger partial charge in [-0.25, -0.2) is 0 Å². The first kappa shape index (κ1) is 17.8. The van der Waals surface area contributed by atoms with Gasteiger partial charge in [-0.15, -0.1) is 11.3 Å². The van der Waals surface area contributed by atoms with E-state index in [1.54, 1.807) is 18.2 Å². The number of hydrogen-bond acceptors (Lipinski definition) is 4. The fraction of sp³-hybridized carbons (Fsp3) is 0.250. The van der Waals surface area contributed by atoms with E-state index in [4.69, 9.17) is 23.2 Å². The molecule has 1 aromatic carbocycles. The summed E-state index contributed by atoms with van der Waals surface area (Å²) in [6.45, 7) is 0. The van der Waals surface area contributed by atoms with Crippen LogP contribution in [0.25, 0.3) is 0 Å². The first-order valence-corrected chi connectivity index (χ1v) is 8.46. The van der Waals surface area contributed by atoms with Crippen molar-refractivity contribution < 1.29 is 14.3 Å². The number of thiophene rings is 1. The Morgan fingerprint density at radius 1 is 1.26 bits per heavy atom. The van der Waals surface area contributed by atoms with E-state index in [1.165, 1.54) is 18.4 Å². The largest absolute Gasteiger partial charge is 0.469 e. The summed E-state index contributed by atoms with van der Waals surface area (Å²) >= 11 is 13.3. The monoisotopic (exact) mass is 371 g/mol. The van der Waals surface area contributed by atoms with Crippen LogP contribution in [0.1, 0.15) is 22.9 Å². The van der Waals surface area contributed by atoms with Gasteiger partial charge in [0, 0.05) is 4.88 Å². The van der Waals surface area contributed by atoms with Crippen LogP contribution in [0.15, 0.2) is 35.7 Å². The highest BCUT2D eigenvalue weighted by Gasteiger charge is 2.20. The first-order chi connectivity index (χ1) is 11.0. The van der Waals surface area contributed by atoms with Crippen molar-refractivity contribution in [2.24, 2.45) is 0 Å². The molecule has 1 N–H and O–H groups in total. The fourth-order valence-electron chi connectivity index (χ4n) is 2.04. The van der Waals surface area contributed by atoms with E-state index in [0.29, 0.717) is 10.0 Å². The Bertz CT molecular complexity index is 689. The molecule has 1 aromatic heterocycles. The summed E-state index contributed by atoms with van der Waals surface area (Å²) in [6, 6.07) is 8.39. The Morgan fingerprint density at radius 2 is 2.04 bits per heavy atom. The number of methoxy groups -OCH3 is 1. The average molecular weight is 372 g/mol. The zero-order valence-electron chi connectivity index (χ0n) is 12.3. The molecule has 0 aliphatic rings. The second kappa shape index (κ2) is 8.34. The third kappa shape index (κ3) is 5.23. The van der Waals surface area contributed by atoms with E-state index in [0.717, 1.165) is 10.4 Å². The standard InChI is InChI=1S/C16H15Cl2NO3S/c1-22-16(21)9-13(14-3-2-6-23-14)19-15(20)8-10-4-5-11(17)12(18)7-10/h2-7,13H,8-9H2,1H3,(H,19,20). The van der Waals surface area contributed by atoms with Crippen molar-refractivity contribution in [1.29, 1.82) is 0 Å². The minimum absolute atomic E-state index is 0.0874. The molecule has 2 aromatic rings. The number of ether oxygens (including phenoxy) is 1. The number of amides is 1. The van der Waals surface area contributed by atoms with E-state index in [9.17, 15) is 9.59 Å². The average Bonchev–Trinajstić information content (AvgIpc) is 3.04. The Morgan fingerprint density at radius 3 is 2.65 bits per heavy atom. The van der Waals surface area contributed by atoms with Crippen molar-refractivity contribution in [3.63, 3.8) is 0 Å². The van der Waals surface area contributed by atoms with Crippen LogP contribution >= 0.6 is 34.5 Å². The lowest BCUT2D eigenvalue weighted by atomic mass is 10.1. The van der Waals surface area contributed by atoms with Gasteiger partial charge in [0.1, 0.15) is 0 Å². The first-order valence-electron chi connectivity index (χ1n) is 6.83. The Balaban J connectivity index is 2.04. The number of rotatable bonds is 6. The molecule has 23 heavy (non-hydrogen) atoms. The van der Waals surface area contributed by atoms with Gasteiger partial charge in [0.25, 0.3) is 0 Å². The van der Waals surface area contributed by atoms with Crippen molar-refractivity contribution in [2.45, 2.75) is 18.9 Å². The van der Waals surface area contributed by atoms with Gasteiger partial charge in [-0.3, -0.25) is 9.59 Å². The van der Waals surface area contributed by atoms with Gasteiger partial charge >= 0.3 is 5.97 Å². The van der Waals surface area contributed by atoms with Gasteiger partial charge in [0.2, 0.25) is 5.91 Å². The maximum Gasteiger partial charge on any atom is 0.307 e. The summed E-state index contributed by atoms with van der Waals surface area (Å²) in [5, 5.41) is 5.60. The topological polar surface area (TPSA) is 55.4 Å². The summed E-state index contributed by atoms with van der Waals surface area (Å²) in [6.07, 6.45) is 0.240. The Kier molecular flexibility index (Phi) is 6.45. The van der Waals surface area contributed by atoms with E-state index in [1.807, 2.05) is 17.5 Å². The van der Waals surface area contributed by atoms with Gasteiger partial charge in [-0.1, -0.05) is 35.3 Å². The highest BCUT2D eigenvalue weighted by atomic mass is 35.5. The van der Waals surface area contributed by atoms with Crippen molar-refractivity contribution >= 4 is 46.4 Å². The van der Waals surface area contributed by atoms with Crippen molar-refractivity contribution in [3.8, 4) is 0 Å². The van der Waals surface area contributed by atoms with Crippen LogP contribution in [0.4, 0.5) is 0 Å². The quantitative estimate of drug-likeness (QED) is 0.780. The highest BCUT2D eigenvalue weighted by Crippen LogP contribution is 2.24. The Hall–Kier alpha value is -1.56. The summed E-state index contributed by atoms with van der Waals surface area (Å²) in [4.78, 5) is 24.7. The molecule has 7 heteroatoms. The molecule has 1 unspecified atom stereocenters. The minimum Gasteiger partial charge on any atom is -0.469 e. The van der Waals surface area contributed by atoms with Gasteiger partial charge in [-0.05, 0) is 29.1 Å². The summed E-state index contributed by atoms with van der Waals surface area (Å²) in [5.41, 5.74) is 0.750. The molecule has 0 fully saturated rings. The van der Waals surface area contributed by atoms with Crippen LogP contribution < -0.4 is 5.32 Å². The van der Waals surface area contributed by atoms with Crippen LogP contribution in [0.2, 0.25) is 10.0 Å². The van der Waals surface area contributed by atoms with Crippen LogP contribution in [0.3, 0.4) is 0 Å². The van der Waals surface area contributed by atoms with Gasteiger partial charge < -0.3 is 10.1 Å². The smallest absolute Gasteiger partial charge is 0.307 e. The van der Waals surface area contributed by atoms with Gasteiger partial charge in [0.05, 0.1) is 36.0 Å². The number of halogens is 2. The molecular weight excluding hydrogens is 357 g/mol. The number of nitrogens with one attached hydrogen (secondary N) is 1. The van der Waals surface area contributed by atoms with E-state index in [-0.39, 0.29) is 24.7 Å². The van der Waals surface area contributed by atoms with Crippen LogP contribution in [-0.4, -0.2) is 19.0 Å². The minimum atomic E-state index is -0.405. The number of benzene rings is 1. The fourth-order valence-corrected chi connectivity index (χ4v) is 3.14. The molecule has 122 valence electrons. The third-order valence-corrected chi connectivity index (χ3v) is 4.89. The molecule has 4 nitrogen and oxygen atoms in total. The third-order valence-electron chi connectivity index (χ3n) is 3.17. The molecule has 1 amide bonds. The molecule has 0 aliphatic heterocycles. The second-order valence-electron chi connectivity index (χ2n) is 4.84. The molecule has 0 radical (unpaired) electrons. The maximum absolute atomic E-state index is 12.2. The number of esters is 1. The van der Waals surface area contributed by atoms with Crippen molar-refractivity contribution in [3.05, 3.63) is 56.2 Å². The molecular formula is C16H15Cl2NO3S. The number of carbonyl (C=O) groups is 2. The van der Waals surface area contributed by atoms with E-state index < -0.39 is 6.04 Å². The summed E-state index contributed by atoms with van der Waals surface area (Å²) in [5.74, 6) is -0.580. The van der Waals surface area contributed by atoms with Crippen molar-refractivity contribution in [2.75, 3.05) is 7.11 Å². The van der Waals surface area contributed by atoms with E-state index in [2.05, 4.69) is 10.1 Å². The molecule has 0 aliphatic carbocycles. The predicted octanol–water partition coefficient (Wildman–Crippen LogP) is 4.02. The molecule has 1 heterocycles. The summed E-state index contributed by atoms with van der Waals surface area (Å²) < 4.78 is 4.69.